The number of carbonyl (C=O) groups is 2. The molecule has 0 radical (unpaired) electrons. The highest BCUT2D eigenvalue weighted by Gasteiger charge is 2.34. The topological polar surface area (TPSA) is 86.8 Å². The average Bonchev–Trinajstić information content (AvgIpc) is 2.98. The number of nitrogens with one attached hydrogen (secondary N) is 1. The van der Waals surface area contributed by atoms with Crippen LogP contribution in [0.15, 0.2) is 83.8 Å². The van der Waals surface area contributed by atoms with E-state index in [2.05, 4.69) is 5.32 Å². The monoisotopic (exact) mass is 579 g/mol. The molecule has 3 aromatic rings. The zero-order valence-electron chi connectivity index (χ0n) is 23.6. The van der Waals surface area contributed by atoms with E-state index in [1.165, 1.54) is 29.2 Å². The summed E-state index contributed by atoms with van der Waals surface area (Å²) < 4.78 is 42.4. The highest BCUT2D eigenvalue weighted by molar-refractivity contribution is 7.92. The minimum Gasteiger partial charge on any atom is -0.352 e. The van der Waals surface area contributed by atoms with Crippen molar-refractivity contribution in [3.05, 3.63) is 95.8 Å². The third-order valence-corrected chi connectivity index (χ3v) is 9.32. The predicted octanol–water partition coefficient (Wildman–Crippen LogP) is 5.59. The van der Waals surface area contributed by atoms with E-state index in [-0.39, 0.29) is 23.4 Å². The second-order valence-corrected chi connectivity index (χ2v) is 12.4. The summed E-state index contributed by atoms with van der Waals surface area (Å²) >= 11 is 0. The maximum absolute atomic E-state index is 14.1. The molecule has 9 heteroatoms. The molecule has 4 rings (SSSR count). The maximum atomic E-state index is 14.1. The second kappa shape index (κ2) is 13.8. The van der Waals surface area contributed by atoms with Gasteiger partial charge in [0.2, 0.25) is 11.8 Å². The molecule has 1 fully saturated rings. The molecular formula is C32H38FN3O4S. The van der Waals surface area contributed by atoms with Crippen molar-refractivity contribution in [3.63, 3.8) is 0 Å². The van der Waals surface area contributed by atoms with Crippen LogP contribution in [-0.4, -0.2) is 43.8 Å². The van der Waals surface area contributed by atoms with Gasteiger partial charge in [0.15, 0.2) is 0 Å². The smallest absolute Gasteiger partial charge is 0.264 e. The van der Waals surface area contributed by atoms with E-state index in [0.717, 1.165) is 42.0 Å². The first-order chi connectivity index (χ1) is 19.7. The SMILES string of the molecule is CC[C@@H](C(=O)NC1CCCCC1)N(Cc1ccc(F)cc1)C(=O)CN(c1ccc(C)cc1)S(=O)(=O)c1ccccc1. The molecule has 41 heavy (non-hydrogen) atoms. The molecule has 0 aromatic heterocycles. The van der Waals surface area contributed by atoms with E-state index < -0.39 is 34.3 Å². The molecular weight excluding hydrogens is 541 g/mol. The Morgan fingerprint density at radius 1 is 0.927 bits per heavy atom. The lowest BCUT2D eigenvalue weighted by atomic mass is 9.95. The van der Waals surface area contributed by atoms with E-state index in [1.807, 2.05) is 13.8 Å². The van der Waals surface area contributed by atoms with Crippen molar-refractivity contribution in [1.29, 1.82) is 0 Å². The van der Waals surface area contributed by atoms with Gasteiger partial charge >= 0.3 is 0 Å². The molecule has 218 valence electrons. The number of rotatable bonds is 11. The Kier molecular flexibility index (Phi) is 10.2. The summed E-state index contributed by atoms with van der Waals surface area (Å²) in [4.78, 5) is 29.1. The van der Waals surface area contributed by atoms with Crippen LogP contribution >= 0.6 is 0 Å². The molecule has 0 aliphatic heterocycles. The summed E-state index contributed by atoms with van der Waals surface area (Å²) in [6, 6.07) is 19.8. The van der Waals surface area contributed by atoms with Crippen LogP contribution in [-0.2, 0) is 26.2 Å². The summed E-state index contributed by atoms with van der Waals surface area (Å²) in [6.45, 7) is 3.25. The van der Waals surface area contributed by atoms with Gasteiger partial charge < -0.3 is 10.2 Å². The molecule has 3 aromatic carbocycles. The van der Waals surface area contributed by atoms with Crippen LogP contribution < -0.4 is 9.62 Å². The van der Waals surface area contributed by atoms with E-state index >= 15 is 0 Å². The normalized spacial score (nSPS) is 14.7. The van der Waals surface area contributed by atoms with E-state index in [0.29, 0.717) is 17.7 Å². The fourth-order valence-corrected chi connectivity index (χ4v) is 6.64. The van der Waals surface area contributed by atoms with Gasteiger partial charge in [-0.3, -0.25) is 13.9 Å². The first kappa shape index (κ1) is 30.2. The van der Waals surface area contributed by atoms with Crippen LogP contribution in [0.4, 0.5) is 10.1 Å². The number of halogens is 1. The number of carbonyl (C=O) groups excluding carboxylic acids is 2. The molecule has 1 N–H and O–H groups in total. The minimum absolute atomic E-state index is 0.0306. The first-order valence-corrected chi connectivity index (χ1v) is 15.6. The van der Waals surface area contributed by atoms with Gasteiger partial charge in [-0.2, -0.15) is 0 Å². The van der Waals surface area contributed by atoms with Gasteiger partial charge in [-0.25, -0.2) is 12.8 Å². The number of anilines is 1. The van der Waals surface area contributed by atoms with Gasteiger partial charge in [-0.1, -0.05) is 74.2 Å². The predicted molar refractivity (Wildman–Crippen MR) is 158 cm³/mol. The van der Waals surface area contributed by atoms with Crippen LogP contribution in [0.1, 0.15) is 56.6 Å². The molecule has 0 heterocycles. The maximum Gasteiger partial charge on any atom is 0.264 e. The lowest BCUT2D eigenvalue weighted by Crippen LogP contribution is -2.54. The van der Waals surface area contributed by atoms with Crippen molar-refractivity contribution in [1.82, 2.24) is 10.2 Å². The fraction of sp³-hybridized carbons (Fsp3) is 0.375. The Bertz CT molecular complexity index is 1410. The molecule has 7 nitrogen and oxygen atoms in total. The van der Waals surface area contributed by atoms with E-state index in [9.17, 15) is 22.4 Å². The Labute approximate surface area is 242 Å². The number of aryl methyl sites for hydroxylation is 1. The summed E-state index contributed by atoms with van der Waals surface area (Å²) in [5, 5.41) is 3.12. The minimum atomic E-state index is -4.11. The van der Waals surface area contributed by atoms with Crippen molar-refractivity contribution in [3.8, 4) is 0 Å². The van der Waals surface area contributed by atoms with Gasteiger partial charge in [0.05, 0.1) is 10.6 Å². The van der Waals surface area contributed by atoms with Gasteiger partial charge in [-0.05, 0) is 68.1 Å². The largest absolute Gasteiger partial charge is 0.352 e. The van der Waals surface area contributed by atoms with Crippen LogP contribution in [0, 0.1) is 12.7 Å². The average molecular weight is 580 g/mol. The van der Waals surface area contributed by atoms with Crippen LogP contribution in [0.3, 0.4) is 0 Å². The first-order valence-electron chi connectivity index (χ1n) is 14.2. The Hall–Kier alpha value is -3.72. The van der Waals surface area contributed by atoms with Gasteiger partial charge in [0.1, 0.15) is 18.4 Å². The zero-order chi connectivity index (χ0) is 29.4. The van der Waals surface area contributed by atoms with Crippen LogP contribution in [0.5, 0.6) is 0 Å². The third kappa shape index (κ3) is 7.73. The number of benzene rings is 3. The molecule has 1 aliphatic rings. The summed E-state index contributed by atoms with van der Waals surface area (Å²) in [5.74, 6) is -1.20. The summed E-state index contributed by atoms with van der Waals surface area (Å²) in [7, 11) is -4.11. The van der Waals surface area contributed by atoms with Crippen molar-refractivity contribution in [2.75, 3.05) is 10.8 Å². The summed E-state index contributed by atoms with van der Waals surface area (Å²) in [6.07, 6.45) is 5.35. The number of amides is 2. The highest BCUT2D eigenvalue weighted by Crippen LogP contribution is 2.25. The molecule has 2 amide bonds. The van der Waals surface area contributed by atoms with Crippen molar-refractivity contribution in [2.45, 2.75) is 75.9 Å². The quantitative estimate of drug-likeness (QED) is 0.321. The van der Waals surface area contributed by atoms with Gasteiger partial charge in [0.25, 0.3) is 10.0 Å². The molecule has 0 unspecified atom stereocenters. The standard InChI is InChI=1S/C32H38FN3O4S/c1-3-30(32(38)34-27-10-6-4-7-11-27)35(22-25-16-18-26(33)19-17-25)31(37)23-36(28-20-14-24(2)15-21-28)41(39,40)29-12-8-5-9-13-29/h5,8-9,12-21,27,30H,3-4,6-7,10-11,22-23H2,1-2H3,(H,34,38)/t30-/m0/s1. The lowest BCUT2D eigenvalue weighted by Gasteiger charge is -2.34. The number of hydrogen-bond acceptors (Lipinski definition) is 4. The van der Waals surface area contributed by atoms with Crippen molar-refractivity contribution >= 4 is 27.5 Å². The Balaban J connectivity index is 1.68. The Morgan fingerprint density at radius 3 is 2.17 bits per heavy atom. The lowest BCUT2D eigenvalue weighted by molar-refractivity contribution is -0.140. The van der Waals surface area contributed by atoms with Crippen molar-refractivity contribution in [2.24, 2.45) is 0 Å². The van der Waals surface area contributed by atoms with E-state index in [1.54, 1.807) is 54.6 Å². The molecule has 1 atom stereocenters. The molecule has 1 saturated carbocycles. The number of sulfonamides is 1. The third-order valence-electron chi connectivity index (χ3n) is 7.54. The van der Waals surface area contributed by atoms with E-state index in [4.69, 9.17) is 0 Å². The van der Waals surface area contributed by atoms with Crippen LogP contribution in [0.2, 0.25) is 0 Å². The number of hydrogen-bond donors (Lipinski definition) is 1. The van der Waals surface area contributed by atoms with Gasteiger partial charge in [-0.15, -0.1) is 0 Å². The zero-order valence-corrected chi connectivity index (χ0v) is 24.4. The molecule has 1 aliphatic carbocycles. The highest BCUT2D eigenvalue weighted by atomic mass is 32.2. The number of nitrogens with zero attached hydrogens (tertiary/aromatic N) is 2. The molecule has 0 bridgehead atoms. The molecule has 0 saturated heterocycles. The summed E-state index contributed by atoms with van der Waals surface area (Å²) in [5.41, 5.74) is 1.92. The fourth-order valence-electron chi connectivity index (χ4n) is 5.21. The Morgan fingerprint density at radius 2 is 1.56 bits per heavy atom. The van der Waals surface area contributed by atoms with Crippen LogP contribution in [0.25, 0.3) is 0 Å². The van der Waals surface area contributed by atoms with Crippen molar-refractivity contribution < 1.29 is 22.4 Å². The molecule has 0 spiro atoms. The van der Waals surface area contributed by atoms with Gasteiger partial charge in [0, 0.05) is 12.6 Å². The second-order valence-electron chi connectivity index (χ2n) is 10.6.